The van der Waals surface area contributed by atoms with Crippen molar-refractivity contribution in [2.45, 2.75) is 32.8 Å². The second-order valence-electron chi connectivity index (χ2n) is 4.85. The Bertz CT molecular complexity index is 415. The average Bonchev–Trinajstić information content (AvgIpc) is 2.42. The minimum Gasteiger partial charge on any atom is -0.387 e. The van der Waals surface area contributed by atoms with E-state index in [1.807, 2.05) is 32.0 Å². The summed E-state index contributed by atoms with van der Waals surface area (Å²) in [7, 11) is 0. The molecule has 0 aliphatic rings. The lowest BCUT2D eigenvalue weighted by molar-refractivity contribution is -0.127. The van der Waals surface area contributed by atoms with Gasteiger partial charge in [-0.1, -0.05) is 44.2 Å². The highest BCUT2D eigenvalue weighted by Crippen LogP contribution is 2.10. The van der Waals surface area contributed by atoms with Gasteiger partial charge < -0.3 is 10.4 Å². The zero-order valence-corrected chi connectivity index (χ0v) is 11.4. The number of hydrogen-bond donors (Lipinski definition) is 2. The topological polar surface area (TPSA) is 66.4 Å². The smallest absolute Gasteiger partial charge is 0.220 e. The van der Waals surface area contributed by atoms with E-state index >= 15 is 0 Å². The first-order valence-electron chi connectivity index (χ1n) is 6.53. The van der Waals surface area contributed by atoms with E-state index < -0.39 is 6.10 Å². The molecule has 4 nitrogen and oxygen atoms in total. The number of amides is 1. The molecule has 4 heteroatoms. The van der Waals surface area contributed by atoms with Crippen LogP contribution in [0.2, 0.25) is 0 Å². The fraction of sp³-hybridized carbons (Fsp3) is 0.467. The van der Waals surface area contributed by atoms with Crippen molar-refractivity contribution in [3.63, 3.8) is 0 Å². The highest BCUT2D eigenvalue weighted by atomic mass is 16.3. The molecule has 0 fully saturated rings. The van der Waals surface area contributed by atoms with Crippen LogP contribution in [-0.4, -0.2) is 23.3 Å². The van der Waals surface area contributed by atoms with Crippen LogP contribution in [0.5, 0.6) is 0 Å². The second kappa shape index (κ2) is 7.69. The maximum atomic E-state index is 11.5. The van der Waals surface area contributed by atoms with Crippen LogP contribution < -0.4 is 5.32 Å². The van der Waals surface area contributed by atoms with E-state index in [0.717, 1.165) is 5.56 Å². The lowest BCUT2D eigenvalue weighted by Crippen LogP contribution is -2.28. The molecule has 104 valence electrons. The molecule has 1 aromatic carbocycles. The molecule has 0 aliphatic heterocycles. The Hall–Kier alpha value is -1.68. The molecule has 0 saturated heterocycles. The van der Waals surface area contributed by atoms with Crippen LogP contribution in [0.4, 0.5) is 0 Å². The van der Waals surface area contributed by atoms with Crippen LogP contribution in [0.25, 0.3) is 0 Å². The number of carbonyl (C=O) groups excluding carboxylic acids is 2. The van der Waals surface area contributed by atoms with Crippen molar-refractivity contribution in [2.75, 3.05) is 6.54 Å². The quantitative estimate of drug-likeness (QED) is 0.789. The van der Waals surface area contributed by atoms with Gasteiger partial charge in [0.25, 0.3) is 0 Å². The molecule has 0 heterocycles. The highest BCUT2D eigenvalue weighted by molar-refractivity contribution is 5.85. The number of aliphatic hydroxyl groups excluding tert-OH is 1. The lowest BCUT2D eigenvalue weighted by Gasteiger charge is -2.12. The Morgan fingerprint density at radius 2 is 1.79 bits per heavy atom. The third kappa shape index (κ3) is 5.66. The summed E-state index contributed by atoms with van der Waals surface area (Å²) in [4.78, 5) is 22.9. The second-order valence-corrected chi connectivity index (χ2v) is 4.85. The van der Waals surface area contributed by atoms with E-state index in [2.05, 4.69) is 5.32 Å². The normalized spacial score (nSPS) is 12.2. The van der Waals surface area contributed by atoms with Crippen LogP contribution in [0.1, 0.15) is 38.4 Å². The Labute approximate surface area is 113 Å². The largest absolute Gasteiger partial charge is 0.387 e. The zero-order valence-electron chi connectivity index (χ0n) is 11.4. The summed E-state index contributed by atoms with van der Waals surface area (Å²) in [6.45, 7) is 3.80. The van der Waals surface area contributed by atoms with Crippen LogP contribution in [0, 0.1) is 5.92 Å². The number of rotatable bonds is 7. The highest BCUT2D eigenvalue weighted by Gasteiger charge is 2.12. The van der Waals surface area contributed by atoms with Gasteiger partial charge in [0.05, 0.1) is 6.10 Å². The maximum Gasteiger partial charge on any atom is 0.220 e. The first-order valence-corrected chi connectivity index (χ1v) is 6.53. The molecule has 0 aliphatic carbocycles. The Balaban J connectivity index is 2.29. The minimum atomic E-state index is -0.717. The van der Waals surface area contributed by atoms with Crippen molar-refractivity contribution in [3.05, 3.63) is 35.9 Å². The molecule has 1 unspecified atom stereocenters. The van der Waals surface area contributed by atoms with Gasteiger partial charge in [0.1, 0.15) is 5.78 Å². The number of nitrogens with one attached hydrogen (secondary N) is 1. The molecule has 1 atom stereocenters. The number of ketones is 1. The molecule has 0 spiro atoms. The van der Waals surface area contributed by atoms with Crippen molar-refractivity contribution in [1.82, 2.24) is 5.32 Å². The molecule has 1 rings (SSSR count). The van der Waals surface area contributed by atoms with E-state index in [0.29, 0.717) is 0 Å². The van der Waals surface area contributed by atoms with Crippen molar-refractivity contribution in [3.8, 4) is 0 Å². The van der Waals surface area contributed by atoms with Crippen LogP contribution in [-0.2, 0) is 9.59 Å². The number of carbonyl (C=O) groups is 2. The van der Waals surface area contributed by atoms with E-state index in [9.17, 15) is 14.7 Å². The summed E-state index contributed by atoms with van der Waals surface area (Å²) in [5.41, 5.74) is 0.765. The molecule has 0 aromatic heterocycles. The summed E-state index contributed by atoms with van der Waals surface area (Å²) >= 11 is 0. The van der Waals surface area contributed by atoms with Gasteiger partial charge in [0.2, 0.25) is 5.91 Å². The summed E-state index contributed by atoms with van der Waals surface area (Å²) in [5, 5.41) is 12.5. The van der Waals surface area contributed by atoms with Gasteiger partial charge in [-0.3, -0.25) is 9.59 Å². The number of benzene rings is 1. The average molecular weight is 263 g/mol. The van der Waals surface area contributed by atoms with E-state index in [4.69, 9.17) is 0 Å². The third-order valence-corrected chi connectivity index (χ3v) is 2.92. The van der Waals surface area contributed by atoms with Crippen molar-refractivity contribution < 1.29 is 14.7 Å². The predicted molar refractivity (Wildman–Crippen MR) is 73.5 cm³/mol. The molecule has 0 saturated carbocycles. The molecular formula is C15H21NO3. The van der Waals surface area contributed by atoms with Gasteiger partial charge in [0, 0.05) is 25.3 Å². The van der Waals surface area contributed by atoms with E-state index in [-0.39, 0.29) is 37.0 Å². The predicted octanol–water partition coefficient (Wildman–Crippen LogP) is 1.84. The SMILES string of the molecule is CC(C)C(=O)CCC(=O)NCC(O)c1ccccc1. The van der Waals surface area contributed by atoms with Gasteiger partial charge in [-0.25, -0.2) is 0 Å². The zero-order chi connectivity index (χ0) is 14.3. The first-order chi connectivity index (χ1) is 9.00. The molecule has 0 bridgehead atoms. The molecule has 2 N–H and O–H groups in total. The van der Waals surface area contributed by atoms with Gasteiger partial charge in [-0.2, -0.15) is 0 Å². The molecule has 0 radical (unpaired) electrons. The lowest BCUT2D eigenvalue weighted by atomic mass is 10.0. The number of aliphatic hydroxyl groups is 1. The number of hydrogen-bond acceptors (Lipinski definition) is 3. The molecular weight excluding hydrogens is 242 g/mol. The summed E-state index contributed by atoms with van der Waals surface area (Å²) in [6.07, 6.45) is -0.283. The van der Waals surface area contributed by atoms with Crippen molar-refractivity contribution in [1.29, 1.82) is 0 Å². The van der Waals surface area contributed by atoms with Gasteiger partial charge >= 0.3 is 0 Å². The van der Waals surface area contributed by atoms with Gasteiger partial charge in [0.15, 0.2) is 0 Å². The minimum absolute atomic E-state index is 0.0392. The summed E-state index contributed by atoms with van der Waals surface area (Å²) in [5.74, 6) is -0.162. The fourth-order valence-electron chi connectivity index (χ4n) is 1.62. The van der Waals surface area contributed by atoms with Gasteiger partial charge in [-0.05, 0) is 5.56 Å². The first kappa shape index (κ1) is 15.4. The summed E-state index contributed by atoms with van der Waals surface area (Å²) in [6, 6.07) is 9.15. The molecule has 1 amide bonds. The monoisotopic (exact) mass is 263 g/mol. The summed E-state index contributed by atoms with van der Waals surface area (Å²) < 4.78 is 0. The van der Waals surface area contributed by atoms with Crippen molar-refractivity contribution >= 4 is 11.7 Å². The van der Waals surface area contributed by atoms with Gasteiger partial charge in [-0.15, -0.1) is 0 Å². The standard InChI is InChI=1S/C15H21NO3/c1-11(2)13(17)8-9-15(19)16-10-14(18)12-6-4-3-5-7-12/h3-7,11,14,18H,8-10H2,1-2H3,(H,16,19). The number of Topliss-reactive ketones (excluding diaryl/α,β-unsaturated/α-hetero) is 1. The van der Waals surface area contributed by atoms with E-state index in [1.165, 1.54) is 0 Å². The van der Waals surface area contributed by atoms with Crippen molar-refractivity contribution in [2.24, 2.45) is 5.92 Å². The van der Waals surface area contributed by atoms with E-state index in [1.54, 1.807) is 12.1 Å². The third-order valence-electron chi connectivity index (χ3n) is 2.92. The van der Waals surface area contributed by atoms with Crippen LogP contribution in [0.15, 0.2) is 30.3 Å². The Kier molecular flexibility index (Phi) is 6.22. The van der Waals surface area contributed by atoms with Crippen LogP contribution in [0.3, 0.4) is 0 Å². The van der Waals surface area contributed by atoms with Crippen LogP contribution >= 0.6 is 0 Å². The Morgan fingerprint density at radius 3 is 2.37 bits per heavy atom. The Morgan fingerprint density at radius 1 is 1.16 bits per heavy atom. The molecule has 1 aromatic rings. The fourth-order valence-corrected chi connectivity index (χ4v) is 1.62. The maximum absolute atomic E-state index is 11.5. The molecule has 19 heavy (non-hydrogen) atoms.